The molecule has 0 spiro atoms. The summed E-state index contributed by atoms with van der Waals surface area (Å²) < 4.78 is 6.10. The Hall–Kier alpha value is -1.02. The van der Waals surface area contributed by atoms with Crippen molar-refractivity contribution in [3.8, 4) is 5.75 Å². The minimum absolute atomic E-state index is 0.375. The van der Waals surface area contributed by atoms with Crippen LogP contribution in [0.25, 0.3) is 0 Å². The van der Waals surface area contributed by atoms with Gasteiger partial charge in [0.05, 0.1) is 0 Å². The van der Waals surface area contributed by atoms with E-state index in [9.17, 15) is 0 Å². The molecule has 18 heavy (non-hydrogen) atoms. The number of hydrogen-bond acceptors (Lipinski definition) is 2. The summed E-state index contributed by atoms with van der Waals surface area (Å²) in [4.78, 5) is 0. The maximum Gasteiger partial charge on any atom is 0.124 e. The maximum absolute atomic E-state index is 6.10. The zero-order chi connectivity index (χ0) is 13.0. The van der Waals surface area contributed by atoms with Crippen molar-refractivity contribution in [2.45, 2.75) is 58.6 Å². The van der Waals surface area contributed by atoms with Crippen molar-refractivity contribution in [3.05, 3.63) is 29.3 Å². The van der Waals surface area contributed by atoms with E-state index in [0.717, 1.165) is 25.1 Å². The highest BCUT2D eigenvalue weighted by molar-refractivity contribution is 5.40. The number of nitrogens with one attached hydrogen (secondary N) is 1. The van der Waals surface area contributed by atoms with Crippen LogP contribution in [0, 0.1) is 6.92 Å². The van der Waals surface area contributed by atoms with Gasteiger partial charge in [0.2, 0.25) is 0 Å². The van der Waals surface area contributed by atoms with E-state index < -0.39 is 0 Å². The molecule has 0 fully saturated rings. The number of hydrogen-bond donors (Lipinski definition) is 1. The summed E-state index contributed by atoms with van der Waals surface area (Å²) in [6.45, 7) is 7.67. The molecule has 0 amide bonds. The molecule has 1 aliphatic heterocycles. The first kappa shape index (κ1) is 13.4. The van der Waals surface area contributed by atoms with Gasteiger partial charge in [-0.2, -0.15) is 0 Å². The second-order valence-corrected chi connectivity index (χ2v) is 5.31. The van der Waals surface area contributed by atoms with Crippen LogP contribution in [-0.2, 0) is 0 Å². The molecule has 0 bridgehead atoms. The second-order valence-electron chi connectivity index (χ2n) is 5.31. The van der Waals surface area contributed by atoms with Crippen LogP contribution in [0.15, 0.2) is 18.2 Å². The van der Waals surface area contributed by atoms with Gasteiger partial charge >= 0.3 is 0 Å². The van der Waals surface area contributed by atoms with Gasteiger partial charge in [0.1, 0.15) is 11.9 Å². The average Bonchev–Trinajstić information content (AvgIpc) is 2.37. The van der Waals surface area contributed by atoms with Crippen LogP contribution in [0.5, 0.6) is 5.75 Å². The van der Waals surface area contributed by atoms with Crippen molar-refractivity contribution in [3.63, 3.8) is 0 Å². The summed E-state index contributed by atoms with van der Waals surface area (Å²) in [6, 6.07) is 7.01. The summed E-state index contributed by atoms with van der Waals surface area (Å²) in [5.41, 5.74) is 2.66. The molecule has 0 radical (unpaired) electrons. The summed E-state index contributed by atoms with van der Waals surface area (Å²) in [6.07, 6.45) is 4.99. The Balaban J connectivity index is 2.20. The van der Waals surface area contributed by atoms with E-state index in [-0.39, 0.29) is 0 Å². The van der Waals surface area contributed by atoms with Crippen LogP contribution in [0.1, 0.15) is 56.7 Å². The Labute approximate surface area is 111 Å². The van der Waals surface area contributed by atoms with E-state index in [1.807, 2.05) is 0 Å². The van der Waals surface area contributed by atoms with Gasteiger partial charge in [-0.05, 0) is 32.4 Å². The molecule has 0 aliphatic carbocycles. The number of aryl methyl sites for hydroxylation is 1. The molecular formula is C16H25NO. The number of ether oxygens (including phenoxy) is 1. The fourth-order valence-corrected chi connectivity index (χ4v) is 2.68. The number of rotatable bonds is 5. The minimum atomic E-state index is 0.375. The van der Waals surface area contributed by atoms with Crippen molar-refractivity contribution in [2.75, 3.05) is 6.54 Å². The monoisotopic (exact) mass is 247 g/mol. The third-order valence-electron chi connectivity index (χ3n) is 3.58. The van der Waals surface area contributed by atoms with Crippen molar-refractivity contribution in [2.24, 2.45) is 0 Å². The summed E-state index contributed by atoms with van der Waals surface area (Å²) >= 11 is 0. The minimum Gasteiger partial charge on any atom is -0.490 e. The van der Waals surface area contributed by atoms with E-state index in [2.05, 4.69) is 44.3 Å². The summed E-state index contributed by atoms with van der Waals surface area (Å²) in [7, 11) is 0. The number of benzene rings is 1. The van der Waals surface area contributed by atoms with E-state index in [0.29, 0.717) is 12.1 Å². The third-order valence-corrected chi connectivity index (χ3v) is 3.58. The Kier molecular flexibility index (Phi) is 4.65. The lowest BCUT2D eigenvalue weighted by Gasteiger charge is -2.33. The van der Waals surface area contributed by atoms with E-state index in [1.165, 1.54) is 24.0 Å². The Bertz CT molecular complexity index is 389. The van der Waals surface area contributed by atoms with Crippen molar-refractivity contribution in [1.82, 2.24) is 5.32 Å². The zero-order valence-electron chi connectivity index (χ0n) is 11.8. The van der Waals surface area contributed by atoms with Crippen molar-refractivity contribution >= 4 is 0 Å². The SMILES string of the molecule is CCCNC1CC(CCC)Oc2ccc(C)cc21. The largest absolute Gasteiger partial charge is 0.490 e. The van der Waals surface area contributed by atoms with Crippen molar-refractivity contribution < 1.29 is 4.74 Å². The summed E-state index contributed by atoms with van der Waals surface area (Å²) in [5.74, 6) is 1.08. The lowest BCUT2D eigenvalue weighted by Crippen LogP contribution is -2.33. The molecule has 0 saturated carbocycles. The normalized spacial score (nSPS) is 22.4. The molecule has 1 aromatic carbocycles. The van der Waals surface area contributed by atoms with Crippen LogP contribution in [0.3, 0.4) is 0 Å². The molecule has 1 aromatic rings. The zero-order valence-corrected chi connectivity index (χ0v) is 11.8. The van der Waals surface area contributed by atoms with Gasteiger partial charge in [-0.25, -0.2) is 0 Å². The van der Waals surface area contributed by atoms with Gasteiger partial charge in [-0.15, -0.1) is 0 Å². The predicted molar refractivity (Wildman–Crippen MR) is 76.2 cm³/mol. The van der Waals surface area contributed by atoms with E-state index in [1.54, 1.807) is 0 Å². The Morgan fingerprint density at radius 3 is 2.83 bits per heavy atom. The fraction of sp³-hybridized carbons (Fsp3) is 0.625. The van der Waals surface area contributed by atoms with Crippen LogP contribution in [0.4, 0.5) is 0 Å². The van der Waals surface area contributed by atoms with Crippen molar-refractivity contribution in [1.29, 1.82) is 0 Å². The molecule has 1 aliphatic rings. The van der Waals surface area contributed by atoms with Crippen LogP contribution >= 0.6 is 0 Å². The number of fused-ring (bicyclic) bond motifs is 1. The molecule has 1 N–H and O–H groups in total. The quantitative estimate of drug-likeness (QED) is 0.849. The molecule has 1 heterocycles. The first-order valence-electron chi connectivity index (χ1n) is 7.25. The van der Waals surface area contributed by atoms with Gasteiger partial charge in [0.25, 0.3) is 0 Å². The molecular weight excluding hydrogens is 222 g/mol. The molecule has 100 valence electrons. The third kappa shape index (κ3) is 3.05. The molecule has 2 rings (SSSR count). The highest BCUT2D eigenvalue weighted by atomic mass is 16.5. The Morgan fingerprint density at radius 2 is 2.11 bits per heavy atom. The van der Waals surface area contributed by atoms with Gasteiger partial charge in [-0.1, -0.05) is 38.0 Å². The predicted octanol–water partition coefficient (Wildman–Crippen LogP) is 3.99. The molecule has 2 unspecified atom stereocenters. The second kappa shape index (κ2) is 6.24. The van der Waals surface area contributed by atoms with Gasteiger partial charge < -0.3 is 10.1 Å². The molecule has 2 nitrogen and oxygen atoms in total. The van der Waals surface area contributed by atoms with Gasteiger partial charge in [-0.3, -0.25) is 0 Å². The molecule has 2 atom stereocenters. The van der Waals surface area contributed by atoms with E-state index in [4.69, 9.17) is 4.74 Å². The standard InChI is InChI=1S/C16H25NO/c1-4-6-13-11-15(17-9-5-2)14-10-12(3)7-8-16(14)18-13/h7-8,10,13,15,17H,4-6,9,11H2,1-3H3. The van der Waals surface area contributed by atoms with Gasteiger partial charge in [0.15, 0.2) is 0 Å². The molecule has 0 saturated heterocycles. The first-order valence-corrected chi connectivity index (χ1v) is 7.25. The lowest BCUT2D eigenvalue weighted by molar-refractivity contribution is 0.140. The topological polar surface area (TPSA) is 21.3 Å². The van der Waals surface area contributed by atoms with Gasteiger partial charge in [0, 0.05) is 18.0 Å². The molecule has 0 aromatic heterocycles. The summed E-state index contributed by atoms with van der Waals surface area (Å²) in [5, 5.41) is 3.66. The maximum atomic E-state index is 6.10. The highest BCUT2D eigenvalue weighted by Crippen LogP contribution is 2.36. The van der Waals surface area contributed by atoms with E-state index >= 15 is 0 Å². The Morgan fingerprint density at radius 1 is 1.28 bits per heavy atom. The average molecular weight is 247 g/mol. The smallest absolute Gasteiger partial charge is 0.124 e. The van der Waals surface area contributed by atoms with Crippen LogP contribution in [-0.4, -0.2) is 12.6 Å². The fourth-order valence-electron chi connectivity index (χ4n) is 2.68. The highest BCUT2D eigenvalue weighted by Gasteiger charge is 2.27. The van der Waals surface area contributed by atoms with Crippen LogP contribution in [0.2, 0.25) is 0 Å². The van der Waals surface area contributed by atoms with Crippen LogP contribution < -0.4 is 10.1 Å². The lowest BCUT2D eigenvalue weighted by atomic mass is 9.93. The first-order chi connectivity index (χ1) is 8.74. The molecule has 2 heteroatoms.